The Kier molecular flexibility index (Phi) is 4.09. The highest BCUT2D eigenvalue weighted by Gasteiger charge is 2.22. The lowest BCUT2D eigenvalue weighted by molar-refractivity contribution is -0.385. The minimum absolute atomic E-state index is 0.275. The second-order valence-corrected chi connectivity index (χ2v) is 5.87. The molecule has 9 heteroatoms. The van der Waals surface area contributed by atoms with Crippen LogP contribution in [0.1, 0.15) is 5.56 Å². The SMILES string of the molecule is Cc1ccc(S(=O)(=O)Oc2ccc(F)c(F)c2)cc1[N+](=O)[O-]. The summed E-state index contributed by atoms with van der Waals surface area (Å²) in [6.07, 6.45) is 0. The summed E-state index contributed by atoms with van der Waals surface area (Å²) in [5.41, 5.74) is -0.119. The predicted octanol–water partition coefficient (Wildman–Crippen LogP) is 2.95. The van der Waals surface area contributed by atoms with Gasteiger partial charge in [0.15, 0.2) is 11.6 Å². The molecule has 0 heterocycles. The monoisotopic (exact) mass is 329 g/mol. The molecule has 0 bridgehead atoms. The standard InChI is InChI=1S/C13H9F2NO5S/c1-8-2-4-10(7-13(8)16(17)18)22(19,20)21-9-3-5-11(14)12(15)6-9/h2-7H,1H3. The van der Waals surface area contributed by atoms with Crippen molar-refractivity contribution in [2.75, 3.05) is 0 Å². The highest BCUT2D eigenvalue weighted by Crippen LogP contribution is 2.25. The van der Waals surface area contributed by atoms with Gasteiger partial charge in [0.2, 0.25) is 0 Å². The molecule has 0 aliphatic rings. The first-order chi connectivity index (χ1) is 10.2. The van der Waals surface area contributed by atoms with E-state index in [1.54, 1.807) is 0 Å². The summed E-state index contributed by atoms with van der Waals surface area (Å²) < 4.78 is 54.5. The number of nitrogens with zero attached hydrogens (tertiary/aromatic N) is 1. The maximum Gasteiger partial charge on any atom is 0.339 e. The molecular formula is C13H9F2NO5S. The molecule has 0 saturated heterocycles. The molecule has 0 amide bonds. The zero-order valence-corrected chi connectivity index (χ0v) is 11.9. The molecule has 116 valence electrons. The second kappa shape index (κ2) is 5.68. The van der Waals surface area contributed by atoms with Gasteiger partial charge < -0.3 is 4.18 Å². The molecule has 0 atom stereocenters. The van der Waals surface area contributed by atoms with Crippen LogP contribution in [0.5, 0.6) is 5.75 Å². The quantitative estimate of drug-likeness (QED) is 0.489. The predicted molar refractivity (Wildman–Crippen MR) is 72.0 cm³/mol. The van der Waals surface area contributed by atoms with Crippen molar-refractivity contribution in [3.8, 4) is 5.75 Å². The summed E-state index contributed by atoms with van der Waals surface area (Å²) in [7, 11) is -4.41. The van der Waals surface area contributed by atoms with E-state index in [2.05, 4.69) is 4.18 Å². The zero-order chi connectivity index (χ0) is 16.5. The molecule has 6 nitrogen and oxygen atoms in total. The summed E-state index contributed by atoms with van der Waals surface area (Å²) in [4.78, 5) is 9.63. The fourth-order valence-electron chi connectivity index (χ4n) is 1.64. The van der Waals surface area contributed by atoms with Crippen molar-refractivity contribution >= 4 is 15.8 Å². The van der Waals surface area contributed by atoms with E-state index >= 15 is 0 Å². The van der Waals surface area contributed by atoms with Crippen molar-refractivity contribution in [2.24, 2.45) is 0 Å². The lowest BCUT2D eigenvalue weighted by Crippen LogP contribution is -2.10. The lowest BCUT2D eigenvalue weighted by atomic mass is 10.2. The number of halogens is 2. The fourth-order valence-corrected chi connectivity index (χ4v) is 2.59. The van der Waals surface area contributed by atoms with E-state index in [1.165, 1.54) is 13.0 Å². The highest BCUT2D eigenvalue weighted by atomic mass is 32.2. The van der Waals surface area contributed by atoms with Crippen molar-refractivity contribution in [2.45, 2.75) is 11.8 Å². The third kappa shape index (κ3) is 3.19. The van der Waals surface area contributed by atoms with Crippen molar-refractivity contribution in [1.82, 2.24) is 0 Å². The molecule has 0 aliphatic carbocycles. The number of hydrogen-bond donors (Lipinski definition) is 0. The van der Waals surface area contributed by atoms with E-state index < -0.39 is 43.0 Å². The minimum atomic E-state index is -4.41. The van der Waals surface area contributed by atoms with Crippen molar-refractivity contribution in [3.05, 3.63) is 63.7 Å². The Hall–Kier alpha value is -2.55. The molecule has 0 saturated carbocycles. The third-order valence-corrected chi connectivity index (χ3v) is 4.01. The van der Waals surface area contributed by atoms with Gasteiger partial charge in [-0.25, -0.2) is 8.78 Å². The van der Waals surface area contributed by atoms with Gasteiger partial charge in [-0.05, 0) is 25.1 Å². The summed E-state index contributed by atoms with van der Waals surface area (Å²) in [6.45, 7) is 1.45. The average Bonchev–Trinajstić information content (AvgIpc) is 2.42. The van der Waals surface area contributed by atoms with Crippen LogP contribution >= 0.6 is 0 Å². The number of benzene rings is 2. The van der Waals surface area contributed by atoms with Crippen LogP contribution < -0.4 is 4.18 Å². The van der Waals surface area contributed by atoms with E-state index in [0.29, 0.717) is 12.1 Å². The minimum Gasteiger partial charge on any atom is -0.379 e. The molecule has 0 fully saturated rings. The van der Waals surface area contributed by atoms with E-state index in [4.69, 9.17) is 0 Å². The Bertz CT molecular complexity index is 852. The van der Waals surface area contributed by atoms with Crippen LogP contribution in [0.4, 0.5) is 14.5 Å². The summed E-state index contributed by atoms with van der Waals surface area (Å²) >= 11 is 0. The number of nitro benzene ring substituents is 1. The molecule has 0 spiro atoms. The Morgan fingerprint density at radius 1 is 1.09 bits per heavy atom. The van der Waals surface area contributed by atoms with Crippen LogP contribution in [0.2, 0.25) is 0 Å². The van der Waals surface area contributed by atoms with Crippen molar-refractivity contribution < 1.29 is 26.3 Å². The molecule has 0 aliphatic heterocycles. The Morgan fingerprint density at radius 3 is 2.36 bits per heavy atom. The maximum absolute atomic E-state index is 13.0. The first-order valence-corrected chi connectivity index (χ1v) is 7.26. The van der Waals surface area contributed by atoms with Crippen LogP contribution in [0.25, 0.3) is 0 Å². The molecule has 22 heavy (non-hydrogen) atoms. The Balaban J connectivity index is 2.40. The summed E-state index contributed by atoms with van der Waals surface area (Å²) in [5, 5.41) is 10.8. The summed E-state index contributed by atoms with van der Waals surface area (Å²) in [5.74, 6) is -2.87. The topological polar surface area (TPSA) is 86.5 Å². The average molecular weight is 329 g/mol. The van der Waals surface area contributed by atoms with Gasteiger partial charge in [-0.15, -0.1) is 0 Å². The third-order valence-electron chi connectivity index (χ3n) is 2.76. The molecule has 2 rings (SSSR count). The molecular weight excluding hydrogens is 320 g/mol. The lowest BCUT2D eigenvalue weighted by Gasteiger charge is -2.08. The van der Waals surface area contributed by atoms with Crippen molar-refractivity contribution in [1.29, 1.82) is 0 Å². The second-order valence-electron chi connectivity index (χ2n) is 4.32. The smallest absolute Gasteiger partial charge is 0.339 e. The number of aryl methyl sites for hydroxylation is 1. The molecule has 0 unspecified atom stereocenters. The highest BCUT2D eigenvalue weighted by molar-refractivity contribution is 7.87. The van der Waals surface area contributed by atoms with Gasteiger partial charge in [0.1, 0.15) is 10.6 Å². The first-order valence-electron chi connectivity index (χ1n) is 5.85. The van der Waals surface area contributed by atoms with E-state index in [0.717, 1.165) is 18.2 Å². The number of rotatable bonds is 4. The molecule has 0 radical (unpaired) electrons. The van der Waals surface area contributed by atoms with Gasteiger partial charge in [-0.3, -0.25) is 10.1 Å². The van der Waals surface area contributed by atoms with E-state index in [-0.39, 0.29) is 5.56 Å². The van der Waals surface area contributed by atoms with E-state index in [9.17, 15) is 27.3 Å². The zero-order valence-electron chi connectivity index (χ0n) is 11.1. The summed E-state index contributed by atoms with van der Waals surface area (Å²) in [6, 6.07) is 5.41. The van der Waals surface area contributed by atoms with Crippen LogP contribution in [0.15, 0.2) is 41.3 Å². The van der Waals surface area contributed by atoms with Gasteiger partial charge in [0.25, 0.3) is 5.69 Å². The van der Waals surface area contributed by atoms with Crippen LogP contribution in [0.3, 0.4) is 0 Å². The van der Waals surface area contributed by atoms with Crippen LogP contribution in [-0.2, 0) is 10.1 Å². The van der Waals surface area contributed by atoms with Crippen LogP contribution in [0, 0.1) is 28.7 Å². The largest absolute Gasteiger partial charge is 0.379 e. The van der Waals surface area contributed by atoms with Gasteiger partial charge in [0.05, 0.1) is 4.92 Å². The van der Waals surface area contributed by atoms with Gasteiger partial charge in [-0.2, -0.15) is 8.42 Å². The fraction of sp³-hybridized carbons (Fsp3) is 0.0769. The van der Waals surface area contributed by atoms with Crippen LogP contribution in [-0.4, -0.2) is 13.3 Å². The Labute approximate surface area is 124 Å². The van der Waals surface area contributed by atoms with Gasteiger partial charge in [-0.1, -0.05) is 6.07 Å². The van der Waals surface area contributed by atoms with E-state index in [1.807, 2.05) is 0 Å². The van der Waals surface area contributed by atoms with Gasteiger partial charge >= 0.3 is 10.1 Å². The molecule has 0 N–H and O–H groups in total. The molecule has 0 aromatic heterocycles. The van der Waals surface area contributed by atoms with Gasteiger partial charge in [0, 0.05) is 17.7 Å². The number of hydrogen-bond acceptors (Lipinski definition) is 5. The Morgan fingerprint density at radius 2 is 1.77 bits per heavy atom. The normalized spacial score (nSPS) is 11.2. The molecule has 2 aromatic rings. The maximum atomic E-state index is 13.0. The van der Waals surface area contributed by atoms with Crippen molar-refractivity contribution in [3.63, 3.8) is 0 Å². The number of nitro groups is 1. The molecule has 2 aromatic carbocycles. The first kappa shape index (κ1) is 15.8.